The molecule has 0 aromatic heterocycles. The summed E-state index contributed by atoms with van der Waals surface area (Å²) in [6.07, 6.45) is 4.76. The van der Waals surface area contributed by atoms with E-state index in [1.807, 2.05) is 0 Å². The van der Waals surface area contributed by atoms with Crippen LogP contribution in [0, 0.1) is 0 Å². The minimum Gasteiger partial charge on any atom is -0.491 e. The fourth-order valence-corrected chi connectivity index (χ4v) is 2.72. The number of hydrogen-bond donors (Lipinski definition) is 1. The summed E-state index contributed by atoms with van der Waals surface area (Å²) >= 11 is 0. The molecule has 5 heteroatoms. The molecule has 0 amide bonds. The van der Waals surface area contributed by atoms with Crippen LogP contribution in [0.2, 0.25) is 0 Å². The Morgan fingerprint density at radius 2 is 2.24 bits per heavy atom. The molecule has 1 fully saturated rings. The van der Waals surface area contributed by atoms with E-state index in [1.165, 1.54) is 26.4 Å². The maximum absolute atomic E-state index is 11.5. The Kier molecular flexibility index (Phi) is 5.44. The van der Waals surface area contributed by atoms with Gasteiger partial charge in [-0.15, -0.1) is 0 Å². The predicted molar refractivity (Wildman–Crippen MR) is 82.6 cm³/mol. The van der Waals surface area contributed by atoms with Crippen molar-refractivity contribution in [2.45, 2.75) is 31.7 Å². The molecular formula is C16H24N2O3. The van der Waals surface area contributed by atoms with Gasteiger partial charge in [-0.05, 0) is 51.1 Å². The quantitative estimate of drug-likeness (QED) is 0.666. The summed E-state index contributed by atoms with van der Waals surface area (Å²) in [6, 6.07) is 5.53. The van der Waals surface area contributed by atoms with Gasteiger partial charge >= 0.3 is 5.97 Å². The van der Waals surface area contributed by atoms with E-state index in [9.17, 15) is 4.79 Å². The Labute approximate surface area is 126 Å². The first-order valence-corrected chi connectivity index (χ1v) is 7.42. The van der Waals surface area contributed by atoms with Crippen molar-refractivity contribution in [1.82, 2.24) is 4.90 Å². The summed E-state index contributed by atoms with van der Waals surface area (Å²) in [5.41, 5.74) is 6.89. The molecule has 2 rings (SSSR count). The molecule has 1 unspecified atom stereocenters. The summed E-state index contributed by atoms with van der Waals surface area (Å²) in [7, 11) is 3.52. The molecule has 0 bridgehead atoms. The van der Waals surface area contributed by atoms with E-state index in [0.717, 1.165) is 13.0 Å². The van der Waals surface area contributed by atoms with Crippen LogP contribution in [0.3, 0.4) is 0 Å². The molecule has 0 radical (unpaired) electrons. The standard InChI is InChI=1S/C16H24N2O3/c1-18-9-4-3-5-13(18)8-10-21-15-11-12(16(19)20-2)6-7-14(15)17/h6-7,11,13H,3-5,8-10,17H2,1-2H3. The highest BCUT2D eigenvalue weighted by atomic mass is 16.5. The van der Waals surface area contributed by atoms with E-state index in [1.54, 1.807) is 18.2 Å². The van der Waals surface area contributed by atoms with Crippen molar-refractivity contribution >= 4 is 11.7 Å². The van der Waals surface area contributed by atoms with Gasteiger partial charge in [0.15, 0.2) is 0 Å². The van der Waals surface area contributed by atoms with Crippen LogP contribution in [0.1, 0.15) is 36.0 Å². The van der Waals surface area contributed by atoms with E-state index < -0.39 is 0 Å². The van der Waals surface area contributed by atoms with Gasteiger partial charge in [0.05, 0.1) is 25.0 Å². The second-order valence-corrected chi connectivity index (χ2v) is 5.51. The molecule has 1 atom stereocenters. The van der Waals surface area contributed by atoms with Crippen molar-refractivity contribution in [2.75, 3.05) is 33.0 Å². The molecule has 1 aromatic rings. The first-order chi connectivity index (χ1) is 10.1. The van der Waals surface area contributed by atoms with Crippen LogP contribution >= 0.6 is 0 Å². The molecule has 0 saturated carbocycles. The van der Waals surface area contributed by atoms with Gasteiger partial charge in [0, 0.05) is 6.04 Å². The second-order valence-electron chi connectivity index (χ2n) is 5.51. The fourth-order valence-electron chi connectivity index (χ4n) is 2.72. The number of nitrogens with zero attached hydrogens (tertiary/aromatic N) is 1. The highest BCUT2D eigenvalue weighted by Crippen LogP contribution is 2.24. The lowest BCUT2D eigenvalue weighted by Crippen LogP contribution is -2.37. The number of esters is 1. The molecule has 0 spiro atoms. The van der Waals surface area contributed by atoms with Gasteiger partial charge < -0.3 is 20.1 Å². The van der Waals surface area contributed by atoms with Crippen molar-refractivity contribution in [1.29, 1.82) is 0 Å². The van der Waals surface area contributed by atoms with Crippen LogP contribution in [0.15, 0.2) is 18.2 Å². The minimum absolute atomic E-state index is 0.383. The first kappa shape index (κ1) is 15.6. The fraction of sp³-hybridized carbons (Fsp3) is 0.562. The lowest BCUT2D eigenvalue weighted by atomic mass is 10.0. The van der Waals surface area contributed by atoms with Crippen LogP contribution in [0.25, 0.3) is 0 Å². The number of methoxy groups -OCH3 is 1. The lowest BCUT2D eigenvalue weighted by molar-refractivity contribution is 0.0600. The Morgan fingerprint density at radius 3 is 2.95 bits per heavy atom. The van der Waals surface area contributed by atoms with Gasteiger partial charge in [0.1, 0.15) is 5.75 Å². The smallest absolute Gasteiger partial charge is 0.337 e. The van der Waals surface area contributed by atoms with Crippen LogP contribution < -0.4 is 10.5 Å². The van der Waals surface area contributed by atoms with E-state index in [4.69, 9.17) is 15.2 Å². The van der Waals surface area contributed by atoms with Crippen molar-refractivity contribution in [3.05, 3.63) is 23.8 Å². The molecule has 21 heavy (non-hydrogen) atoms. The van der Waals surface area contributed by atoms with Crippen LogP contribution in [-0.4, -0.2) is 44.2 Å². The van der Waals surface area contributed by atoms with Gasteiger partial charge in [-0.2, -0.15) is 0 Å². The second kappa shape index (κ2) is 7.31. The largest absolute Gasteiger partial charge is 0.491 e. The number of likely N-dealkylation sites (tertiary alicyclic amines) is 1. The zero-order chi connectivity index (χ0) is 15.2. The van der Waals surface area contributed by atoms with Crippen molar-refractivity contribution in [3.8, 4) is 5.75 Å². The van der Waals surface area contributed by atoms with Gasteiger partial charge in [-0.3, -0.25) is 0 Å². The van der Waals surface area contributed by atoms with Crippen LogP contribution in [0.5, 0.6) is 5.75 Å². The molecule has 1 aliphatic heterocycles. The number of carbonyl (C=O) groups is 1. The molecule has 0 aliphatic carbocycles. The molecule has 2 N–H and O–H groups in total. The SMILES string of the molecule is COC(=O)c1ccc(N)c(OCCC2CCCCN2C)c1. The molecule has 5 nitrogen and oxygen atoms in total. The van der Waals surface area contributed by atoms with E-state index in [0.29, 0.717) is 29.6 Å². The Balaban J connectivity index is 1.91. The zero-order valence-electron chi connectivity index (χ0n) is 12.8. The van der Waals surface area contributed by atoms with E-state index in [2.05, 4.69) is 11.9 Å². The number of nitrogen functional groups attached to an aromatic ring is 1. The highest BCUT2D eigenvalue weighted by Gasteiger charge is 2.18. The summed E-state index contributed by atoms with van der Waals surface area (Å²) < 4.78 is 10.5. The molecule has 116 valence electrons. The Bertz CT molecular complexity index is 490. The van der Waals surface area contributed by atoms with Gasteiger partial charge in [0.25, 0.3) is 0 Å². The van der Waals surface area contributed by atoms with Crippen LogP contribution in [-0.2, 0) is 4.74 Å². The lowest BCUT2D eigenvalue weighted by Gasteiger charge is -2.32. The normalized spacial score (nSPS) is 19.2. The minimum atomic E-state index is -0.383. The number of nitrogens with two attached hydrogens (primary N) is 1. The molecule has 1 aliphatic rings. The zero-order valence-corrected chi connectivity index (χ0v) is 12.8. The summed E-state index contributed by atoms with van der Waals surface area (Å²) in [4.78, 5) is 13.9. The number of benzene rings is 1. The van der Waals surface area contributed by atoms with Gasteiger partial charge in [0.2, 0.25) is 0 Å². The van der Waals surface area contributed by atoms with E-state index in [-0.39, 0.29) is 5.97 Å². The highest BCUT2D eigenvalue weighted by molar-refractivity contribution is 5.90. The van der Waals surface area contributed by atoms with E-state index >= 15 is 0 Å². The maximum atomic E-state index is 11.5. The number of piperidine rings is 1. The topological polar surface area (TPSA) is 64.8 Å². The molecule has 1 saturated heterocycles. The number of ether oxygens (including phenoxy) is 2. The average Bonchev–Trinajstić information content (AvgIpc) is 2.50. The number of hydrogen-bond acceptors (Lipinski definition) is 5. The third kappa shape index (κ3) is 4.11. The average molecular weight is 292 g/mol. The number of anilines is 1. The third-order valence-electron chi connectivity index (χ3n) is 4.06. The van der Waals surface area contributed by atoms with Crippen LogP contribution in [0.4, 0.5) is 5.69 Å². The summed E-state index contributed by atoms with van der Waals surface area (Å²) in [5, 5.41) is 0. The predicted octanol–water partition coefficient (Wildman–Crippen LogP) is 2.31. The van der Waals surface area contributed by atoms with Gasteiger partial charge in [-0.25, -0.2) is 4.79 Å². The Morgan fingerprint density at radius 1 is 1.43 bits per heavy atom. The molecule has 1 aromatic carbocycles. The molecule has 1 heterocycles. The van der Waals surface area contributed by atoms with Crippen molar-refractivity contribution in [3.63, 3.8) is 0 Å². The van der Waals surface area contributed by atoms with Crippen molar-refractivity contribution in [2.24, 2.45) is 0 Å². The monoisotopic (exact) mass is 292 g/mol. The number of carbonyl (C=O) groups excluding carboxylic acids is 1. The van der Waals surface area contributed by atoms with Gasteiger partial charge in [-0.1, -0.05) is 6.42 Å². The number of rotatable bonds is 5. The summed E-state index contributed by atoms with van der Waals surface area (Å²) in [6.45, 7) is 1.76. The van der Waals surface area contributed by atoms with Crippen molar-refractivity contribution < 1.29 is 14.3 Å². The Hall–Kier alpha value is -1.75. The first-order valence-electron chi connectivity index (χ1n) is 7.42. The molecular weight excluding hydrogens is 268 g/mol. The third-order valence-corrected chi connectivity index (χ3v) is 4.06. The maximum Gasteiger partial charge on any atom is 0.337 e. The summed E-state index contributed by atoms with van der Waals surface area (Å²) in [5.74, 6) is 0.170.